The van der Waals surface area contributed by atoms with E-state index in [1.54, 1.807) is 0 Å². The highest BCUT2D eigenvalue weighted by Crippen LogP contribution is 2.55. The van der Waals surface area contributed by atoms with Gasteiger partial charge in [-0.25, -0.2) is 0 Å². The van der Waals surface area contributed by atoms with Crippen molar-refractivity contribution in [3.05, 3.63) is 169 Å². The van der Waals surface area contributed by atoms with Crippen LogP contribution in [0.5, 0.6) is 0 Å². The van der Waals surface area contributed by atoms with Gasteiger partial charge in [-0.1, -0.05) is 135 Å². The van der Waals surface area contributed by atoms with E-state index >= 15 is 0 Å². The lowest BCUT2D eigenvalue weighted by Crippen LogP contribution is -2.14. The fourth-order valence-electron chi connectivity index (χ4n) is 9.54. The lowest BCUT2D eigenvalue weighted by Gasteiger charge is -2.22. The molecule has 2 heteroatoms. The van der Waals surface area contributed by atoms with Gasteiger partial charge in [0.1, 0.15) is 11.2 Å². The molecule has 53 heavy (non-hydrogen) atoms. The number of benzene rings is 9. The summed E-state index contributed by atoms with van der Waals surface area (Å²) >= 11 is 1.95. The van der Waals surface area contributed by atoms with Crippen molar-refractivity contribution in [3.8, 4) is 33.4 Å². The minimum Gasteiger partial charge on any atom is -0.456 e. The molecule has 2 heterocycles. The van der Waals surface area contributed by atoms with Crippen LogP contribution in [0.15, 0.2) is 162 Å². The van der Waals surface area contributed by atoms with Gasteiger partial charge in [0.15, 0.2) is 0 Å². The average molecular weight is 693 g/mol. The minimum atomic E-state index is -0.0957. The Balaban J connectivity index is 1.12. The summed E-state index contributed by atoms with van der Waals surface area (Å²) in [5, 5.41) is 12.6. The lowest BCUT2D eigenvalue weighted by atomic mass is 9.81. The van der Waals surface area contributed by atoms with E-state index in [9.17, 15) is 0 Å². The molecule has 0 atom stereocenters. The van der Waals surface area contributed by atoms with Crippen molar-refractivity contribution in [2.75, 3.05) is 0 Å². The highest BCUT2D eigenvalue weighted by molar-refractivity contribution is 7.26. The number of hydrogen-bond donors (Lipinski definition) is 0. The van der Waals surface area contributed by atoms with E-state index < -0.39 is 0 Å². The average Bonchev–Trinajstić information content (AvgIpc) is 3.82. The zero-order chi connectivity index (χ0) is 35.0. The van der Waals surface area contributed by atoms with E-state index in [1.165, 1.54) is 97.0 Å². The number of fused-ring (bicyclic) bond motifs is 13. The second-order valence-electron chi connectivity index (χ2n) is 15.2. The molecule has 1 aliphatic carbocycles. The third-order valence-electron chi connectivity index (χ3n) is 12.0. The predicted octanol–water partition coefficient (Wildman–Crippen LogP) is 15.1. The molecular weight excluding hydrogens is 661 g/mol. The number of rotatable bonds is 2. The van der Waals surface area contributed by atoms with Crippen molar-refractivity contribution >= 4 is 85.8 Å². The third-order valence-corrected chi connectivity index (χ3v) is 13.2. The van der Waals surface area contributed by atoms with Crippen molar-refractivity contribution in [3.63, 3.8) is 0 Å². The number of para-hydroxylation sites is 1. The van der Waals surface area contributed by atoms with E-state index in [2.05, 4.69) is 166 Å². The normalized spacial score (nSPS) is 13.6. The molecule has 12 rings (SSSR count). The summed E-state index contributed by atoms with van der Waals surface area (Å²) in [6, 6.07) is 58.5. The molecule has 0 saturated heterocycles. The van der Waals surface area contributed by atoms with Crippen LogP contribution in [0.4, 0.5) is 0 Å². The van der Waals surface area contributed by atoms with Gasteiger partial charge in [0.2, 0.25) is 0 Å². The number of hydrogen-bond acceptors (Lipinski definition) is 2. The van der Waals surface area contributed by atoms with Gasteiger partial charge in [-0.2, -0.15) is 0 Å². The zero-order valence-electron chi connectivity index (χ0n) is 29.3. The monoisotopic (exact) mass is 692 g/mol. The first kappa shape index (κ1) is 29.4. The first-order valence-electron chi connectivity index (χ1n) is 18.4. The molecule has 9 aromatic carbocycles. The van der Waals surface area contributed by atoms with Crippen LogP contribution in [-0.2, 0) is 5.41 Å². The van der Waals surface area contributed by atoms with Crippen LogP contribution in [0.25, 0.3) is 108 Å². The molecule has 0 fully saturated rings. The van der Waals surface area contributed by atoms with Crippen LogP contribution in [-0.4, -0.2) is 0 Å². The summed E-state index contributed by atoms with van der Waals surface area (Å²) in [6.07, 6.45) is 0. The second kappa shape index (κ2) is 10.4. The number of thiophene rings is 1. The van der Waals surface area contributed by atoms with Crippen LogP contribution in [0.3, 0.4) is 0 Å². The van der Waals surface area contributed by atoms with Gasteiger partial charge in [-0.3, -0.25) is 0 Å². The van der Waals surface area contributed by atoms with Crippen LogP contribution >= 0.6 is 11.3 Å². The molecule has 1 nitrogen and oxygen atoms in total. The van der Waals surface area contributed by atoms with Gasteiger partial charge in [0.25, 0.3) is 0 Å². The molecule has 11 aromatic rings. The van der Waals surface area contributed by atoms with Crippen LogP contribution in [0.1, 0.15) is 25.0 Å². The smallest absolute Gasteiger partial charge is 0.136 e. The Bertz CT molecular complexity index is 3320. The summed E-state index contributed by atoms with van der Waals surface area (Å²) < 4.78 is 9.13. The molecule has 0 bridgehead atoms. The molecule has 0 unspecified atom stereocenters. The standard InChI is InChI=1S/C51H32OS/c1-51(2)42-23-20-31(26-41(42)49-43(51)24-22-39-40-25-29-11-3-4-12-30(29)28-46(40)53-50(39)49)47-35-14-5-7-16-37(35)48(38-17-8-6-15-36(38)47)32-19-21-34-33-13-9-10-18-44(33)52-45(34)27-32/h3-28H,1-2H3. The molecule has 0 aliphatic heterocycles. The molecule has 0 saturated carbocycles. The van der Waals surface area contributed by atoms with Crippen molar-refractivity contribution in [2.24, 2.45) is 0 Å². The lowest BCUT2D eigenvalue weighted by molar-refractivity contribution is 0.661. The maximum Gasteiger partial charge on any atom is 0.136 e. The predicted molar refractivity (Wildman–Crippen MR) is 228 cm³/mol. The quantitative estimate of drug-likeness (QED) is 0.164. The molecule has 0 radical (unpaired) electrons. The van der Waals surface area contributed by atoms with Crippen molar-refractivity contribution < 1.29 is 4.42 Å². The molecule has 1 aliphatic rings. The third kappa shape index (κ3) is 3.96. The van der Waals surface area contributed by atoms with E-state index in [4.69, 9.17) is 4.42 Å². The minimum absolute atomic E-state index is 0.0957. The molecular formula is C51H32OS. The largest absolute Gasteiger partial charge is 0.456 e. The topological polar surface area (TPSA) is 13.1 Å². The second-order valence-corrected chi connectivity index (χ2v) is 16.3. The SMILES string of the molecule is CC1(C)c2ccc(-c3c4ccccc4c(-c4ccc5c(c4)oc4ccccc45)c4ccccc34)cc2-c2c1ccc1c2sc2cc3ccccc3cc21. The van der Waals surface area contributed by atoms with Crippen LogP contribution in [0.2, 0.25) is 0 Å². The van der Waals surface area contributed by atoms with E-state index in [0.29, 0.717) is 0 Å². The van der Waals surface area contributed by atoms with Crippen molar-refractivity contribution in [1.82, 2.24) is 0 Å². The van der Waals surface area contributed by atoms with Crippen LogP contribution in [0, 0.1) is 0 Å². The highest BCUT2D eigenvalue weighted by atomic mass is 32.1. The molecule has 0 N–H and O–H groups in total. The Morgan fingerprint density at radius 2 is 0.962 bits per heavy atom. The Labute approximate surface area is 310 Å². The fourth-order valence-corrected chi connectivity index (χ4v) is 10.8. The van der Waals surface area contributed by atoms with Gasteiger partial charge in [0.05, 0.1) is 0 Å². The van der Waals surface area contributed by atoms with Gasteiger partial charge >= 0.3 is 0 Å². The Morgan fingerprint density at radius 3 is 1.68 bits per heavy atom. The van der Waals surface area contributed by atoms with E-state index in [0.717, 1.165) is 21.9 Å². The summed E-state index contributed by atoms with van der Waals surface area (Å²) in [5.41, 5.74) is 12.3. The summed E-state index contributed by atoms with van der Waals surface area (Å²) in [6.45, 7) is 4.78. The summed E-state index contributed by atoms with van der Waals surface area (Å²) in [7, 11) is 0. The number of furan rings is 1. The molecule has 2 aromatic heterocycles. The van der Waals surface area contributed by atoms with Crippen molar-refractivity contribution in [1.29, 1.82) is 0 Å². The first-order valence-corrected chi connectivity index (χ1v) is 19.2. The zero-order valence-corrected chi connectivity index (χ0v) is 30.1. The maximum atomic E-state index is 6.39. The summed E-state index contributed by atoms with van der Waals surface area (Å²) in [4.78, 5) is 0. The first-order chi connectivity index (χ1) is 26.0. The molecule has 0 amide bonds. The van der Waals surface area contributed by atoms with E-state index in [1.807, 2.05) is 17.4 Å². The van der Waals surface area contributed by atoms with Crippen LogP contribution < -0.4 is 0 Å². The fraction of sp³-hybridized carbons (Fsp3) is 0.0588. The Kier molecular flexibility index (Phi) is 5.78. The van der Waals surface area contributed by atoms with Gasteiger partial charge < -0.3 is 4.42 Å². The highest BCUT2D eigenvalue weighted by Gasteiger charge is 2.37. The summed E-state index contributed by atoms with van der Waals surface area (Å²) in [5.74, 6) is 0. The molecule has 248 valence electrons. The maximum absolute atomic E-state index is 6.39. The Morgan fingerprint density at radius 1 is 0.415 bits per heavy atom. The van der Waals surface area contributed by atoms with Gasteiger partial charge in [0, 0.05) is 41.9 Å². The molecule has 0 spiro atoms. The van der Waals surface area contributed by atoms with E-state index in [-0.39, 0.29) is 5.41 Å². The Hall–Kier alpha value is -6.22. The van der Waals surface area contributed by atoms with Gasteiger partial charge in [-0.15, -0.1) is 11.3 Å². The van der Waals surface area contributed by atoms with Gasteiger partial charge in [-0.05, 0) is 108 Å². The van der Waals surface area contributed by atoms with Crippen molar-refractivity contribution in [2.45, 2.75) is 19.3 Å².